The quantitative estimate of drug-likeness (QED) is 0.696. The van der Waals surface area contributed by atoms with Crippen molar-refractivity contribution in [2.24, 2.45) is 5.10 Å². The molecule has 6 nitrogen and oxygen atoms in total. The van der Waals surface area contributed by atoms with Crippen LogP contribution < -0.4 is 0 Å². The molecule has 138 valence electrons. The number of benzene rings is 2. The largest absolute Gasteiger partial charge is 0.253 e. The molecular weight excluding hydrogens is 360 g/mol. The van der Waals surface area contributed by atoms with Gasteiger partial charge < -0.3 is 0 Å². The molecule has 0 aliphatic carbocycles. The minimum Gasteiger partial charge on any atom is -0.253 e. The van der Waals surface area contributed by atoms with Gasteiger partial charge in [-0.2, -0.15) is 9.52 Å². The minimum atomic E-state index is -3.52. The Morgan fingerprint density at radius 1 is 1.07 bits per heavy atom. The van der Waals surface area contributed by atoms with E-state index in [0.717, 1.165) is 28.8 Å². The van der Waals surface area contributed by atoms with Gasteiger partial charge in [-0.25, -0.2) is 8.42 Å². The van der Waals surface area contributed by atoms with E-state index in [1.165, 1.54) is 16.2 Å². The van der Waals surface area contributed by atoms with Crippen molar-refractivity contribution in [3.8, 4) is 0 Å². The zero-order valence-corrected chi connectivity index (χ0v) is 16.0. The molecule has 0 fully saturated rings. The lowest BCUT2D eigenvalue weighted by molar-refractivity contribution is 0.376. The number of rotatable bonds is 4. The molecule has 2 heterocycles. The fourth-order valence-corrected chi connectivity index (χ4v) is 4.31. The van der Waals surface area contributed by atoms with Gasteiger partial charge in [0.15, 0.2) is 0 Å². The van der Waals surface area contributed by atoms with Crippen LogP contribution in [0.1, 0.15) is 36.1 Å². The summed E-state index contributed by atoms with van der Waals surface area (Å²) in [5, 5.41) is 4.46. The molecule has 2 aromatic carbocycles. The van der Waals surface area contributed by atoms with Crippen LogP contribution in [0.15, 0.2) is 60.0 Å². The van der Waals surface area contributed by atoms with Crippen molar-refractivity contribution in [2.45, 2.75) is 25.8 Å². The third kappa shape index (κ3) is 3.30. The average Bonchev–Trinajstić information content (AvgIpc) is 3.13. The van der Waals surface area contributed by atoms with Gasteiger partial charge in [0, 0.05) is 24.4 Å². The molecule has 7 heteroatoms. The molecule has 0 spiro atoms. The molecule has 0 unspecified atom stereocenters. The molecule has 3 aromatic rings. The predicted octanol–water partition coefficient (Wildman–Crippen LogP) is 3.30. The molecule has 1 aromatic heterocycles. The van der Waals surface area contributed by atoms with Gasteiger partial charge in [0.1, 0.15) is 0 Å². The van der Waals surface area contributed by atoms with Crippen molar-refractivity contribution in [1.82, 2.24) is 14.4 Å². The Bertz CT molecular complexity index is 1120. The number of hydrogen-bond donors (Lipinski definition) is 0. The summed E-state index contributed by atoms with van der Waals surface area (Å²) in [6, 6.07) is 13.3. The van der Waals surface area contributed by atoms with Gasteiger partial charge in [-0.05, 0) is 23.6 Å². The van der Waals surface area contributed by atoms with E-state index in [2.05, 4.69) is 34.1 Å². The lowest BCUT2D eigenvalue weighted by atomic mass is 9.97. The van der Waals surface area contributed by atoms with Gasteiger partial charge in [-0.3, -0.25) is 9.97 Å². The van der Waals surface area contributed by atoms with Crippen LogP contribution >= 0.6 is 0 Å². The summed E-state index contributed by atoms with van der Waals surface area (Å²) in [6.07, 6.45) is 5.89. The lowest BCUT2D eigenvalue weighted by Gasteiger charge is -2.22. The van der Waals surface area contributed by atoms with E-state index in [-0.39, 0.29) is 0 Å². The highest BCUT2D eigenvalue weighted by molar-refractivity contribution is 7.88. The van der Waals surface area contributed by atoms with Gasteiger partial charge in [-0.15, -0.1) is 0 Å². The Kier molecular flexibility index (Phi) is 4.39. The predicted molar refractivity (Wildman–Crippen MR) is 106 cm³/mol. The summed E-state index contributed by atoms with van der Waals surface area (Å²) in [6.45, 7) is 2.10. The zero-order chi connectivity index (χ0) is 19.0. The second-order valence-electron chi connectivity index (χ2n) is 6.62. The molecular formula is C20H20N4O2S. The first-order valence-electron chi connectivity index (χ1n) is 8.83. The summed E-state index contributed by atoms with van der Waals surface area (Å²) >= 11 is 0. The van der Waals surface area contributed by atoms with Crippen LogP contribution in [0, 0.1) is 0 Å². The highest BCUT2D eigenvalue weighted by Gasteiger charge is 2.35. The number of nitrogens with zero attached hydrogens (tertiary/aromatic N) is 4. The molecule has 1 aliphatic rings. The number of fused-ring (bicyclic) bond motifs is 1. The molecule has 0 saturated heterocycles. The number of hydrogen-bond acceptors (Lipinski definition) is 5. The number of hydrazone groups is 1. The molecule has 0 N–H and O–H groups in total. The number of aromatic nitrogens is 2. The maximum absolute atomic E-state index is 12.4. The van der Waals surface area contributed by atoms with Crippen LogP contribution in [-0.2, 0) is 16.4 Å². The van der Waals surface area contributed by atoms with E-state index in [1.807, 2.05) is 30.3 Å². The van der Waals surface area contributed by atoms with E-state index in [9.17, 15) is 8.42 Å². The first kappa shape index (κ1) is 17.6. The van der Waals surface area contributed by atoms with Crippen molar-refractivity contribution in [1.29, 1.82) is 0 Å². The van der Waals surface area contributed by atoms with Crippen molar-refractivity contribution >= 4 is 26.8 Å². The number of aryl methyl sites for hydroxylation is 1. The van der Waals surface area contributed by atoms with Gasteiger partial charge >= 0.3 is 0 Å². The van der Waals surface area contributed by atoms with Crippen LogP contribution in [0.25, 0.3) is 11.0 Å². The highest BCUT2D eigenvalue weighted by Crippen LogP contribution is 2.36. The van der Waals surface area contributed by atoms with Gasteiger partial charge in [0.25, 0.3) is 0 Å². The molecule has 0 radical (unpaired) electrons. The Labute approximate surface area is 158 Å². The molecule has 0 amide bonds. The summed E-state index contributed by atoms with van der Waals surface area (Å²) < 4.78 is 26.0. The van der Waals surface area contributed by atoms with E-state index >= 15 is 0 Å². The lowest BCUT2D eigenvalue weighted by Crippen LogP contribution is -2.26. The standard InChI is InChI=1S/C20H20N4O2S/c1-3-14-7-9-15(10-8-14)18-13-19(24(23-18)27(2,25)26)16-5-4-6-17-20(16)22-12-11-21-17/h4-12,19H,3,13H2,1-2H3/t19-/m0/s1. The highest BCUT2D eigenvalue weighted by atomic mass is 32.2. The fourth-order valence-electron chi connectivity index (χ4n) is 3.42. The minimum absolute atomic E-state index is 0.429. The molecule has 0 bridgehead atoms. The van der Waals surface area contributed by atoms with E-state index in [1.54, 1.807) is 12.4 Å². The fraction of sp³-hybridized carbons (Fsp3) is 0.250. The monoisotopic (exact) mass is 380 g/mol. The van der Waals surface area contributed by atoms with Crippen LogP contribution in [-0.4, -0.2) is 34.8 Å². The van der Waals surface area contributed by atoms with Crippen LogP contribution in [0.2, 0.25) is 0 Å². The summed E-state index contributed by atoms with van der Waals surface area (Å²) in [7, 11) is -3.52. The molecule has 1 atom stereocenters. The maximum atomic E-state index is 12.4. The first-order valence-corrected chi connectivity index (χ1v) is 10.7. The average molecular weight is 380 g/mol. The van der Waals surface area contributed by atoms with Crippen molar-refractivity contribution in [3.05, 3.63) is 71.5 Å². The Morgan fingerprint density at radius 3 is 2.52 bits per heavy atom. The molecule has 0 saturated carbocycles. The Hall–Kier alpha value is -2.80. The van der Waals surface area contributed by atoms with Crippen molar-refractivity contribution < 1.29 is 8.42 Å². The summed E-state index contributed by atoms with van der Waals surface area (Å²) in [5.74, 6) is 0. The number of sulfonamides is 1. The van der Waals surface area contributed by atoms with Crippen molar-refractivity contribution in [3.63, 3.8) is 0 Å². The summed E-state index contributed by atoms with van der Waals surface area (Å²) in [4.78, 5) is 8.76. The Morgan fingerprint density at radius 2 is 1.81 bits per heavy atom. The second-order valence-corrected chi connectivity index (χ2v) is 8.46. The smallest absolute Gasteiger partial charge is 0.247 e. The SMILES string of the molecule is CCc1ccc(C2=NN(S(C)(=O)=O)[C@H](c3cccc4nccnc34)C2)cc1. The van der Waals surface area contributed by atoms with E-state index < -0.39 is 16.1 Å². The van der Waals surface area contributed by atoms with Gasteiger partial charge in [0.2, 0.25) is 10.0 Å². The van der Waals surface area contributed by atoms with Gasteiger partial charge in [-0.1, -0.05) is 43.3 Å². The van der Waals surface area contributed by atoms with Gasteiger partial charge in [0.05, 0.1) is 29.0 Å². The third-order valence-corrected chi connectivity index (χ3v) is 5.81. The molecule has 4 rings (SSSR count). The van der Waals surface area contributed by atoms with E-state index in [4.69, 9.17) is 0 Å². The van der Waals surface area contributed by atoms with Crippen LogP contribution in [0.4, 0.5) is 0 Å². The van der Waals surface area contributed by atoms with E-state index in [0.29, 0.717) is 11.9 Å². The third-order valence-electron chi connectivity index (χ3n) is 4.80. The summed E-state index contributed by atoms with van der Waals surface area (Å²) in [5.41, 5.74) is 5.19. The topological polar surface area (TPSA) is 75.5 Å². The van der Waals surface area contributed by atoms with Crippen molar-refractivity contribution in [2.75, 3.05) is 6.26 Å². The first-order chi connectivity index (χ1) is 13.0. The number of para-hydroxylation sites is 1. The van der Waals surface area contributed by atoms with Crippen LogP contribution in [0.5, 0.6) is 0 Å². The molecule has 27 heavy (non-hydrogen) atoms. The Balaban J connectivity index is 1.79. The van der Waals surface area contributed by atoms with Crippen LogP contribution in [0.3, 0.4) is 0 Å². The molecule has 1 aliphatic heterocycles. The zero-order valence-electron chi connectivity index (χ0n) is 15.2. The second kappa shape index (κ2) is 6.74. The normalized spacial score (nSPS) is 17.3. The maximum Gasteiger partial charge on any atom is 0.247 e.